The molecule has 0 bridgehead atoms. The molecule has 3 nitrogen and oxygen atoms in total. The van der Waals surface area contributed by atoms with Crippen molar-refractivity contribution < 1.29 is 4.79 Å². The zero-order valence-corrected chi connectivity index (χ0v) is 13.1. The topological polar surface area (TPSA) is 44.1 Å². The summed E-state index contributed by atoms with van der Waals surface area (Å²) in [6.45, 7) is 4.61. The monoisotopic (exact) mass is 284 g/mol. The summed E-state index contributed by atoms with van der Waals surface area (Å²) >= 11 is 0. The molecule has 0 aliphatic heterocycles. The number of aryl methyl sites for hydroxylation is 1. The van der Waals surface area contributed by atoms with Crippen LogP contribution in [0, 0.1) is 23.7 Å². The van der Waals surface area contributed by atoms with E-state index in [1.807, 2.05) is 38.1 Å². The molecule has 21 heavy (non-hydrogen) atoms. The zero-order chi connectivity index (χ0) is 15.3. The van der Waals surface area contributed by atoms with E-state index in [4.69, 9.17) is 0 Å². The van der Waals surface area contributed by atoms with Crippen molar-refractivity contribution in [3.63, 3.8) is 0 Å². The summed E-state index contributed by atoms with van der Waals surface area (Å²) in [6, 6.07) is 10.3. The third-order valence-electron chi connectivity index (χ3n) is 4.49. The van der Waals surface area contributed by atoms with Crippen molar-refractivity contribution in [3.05, 3.63) is 29.8 Å². The van der Waals surface area contributed by atoms with Crippen LogP contribution in [0.3, 0.4) is 0 Å². The summed E-state index contributed by atoms with van der Waals surface area (Å²) in [4.78, 5) is 14.8. The van der Waals surface area contributed by atoms with Gasteiger partial charge in [-0.15, -0.1) is 0 Å². The predicted molar refractivity (Wildman–Crippen MR) is 85.0 cm³/mol. The van der Waals surface area contributed by atoms with E-state index >= 15 is 0 Å². The number of carbonyl (C=O) groups excluding carboxylic acids is 1. The van der Waals surface area contributed by atoms with Gasteiger partial charge in [0.15, 0.2) is 0 Å². The molecular formula is C18H24N2O. The van der Waals surface area contributed by atoms with E-state index in [0.717, 1.165) is 31.4 Å². The highest BCUT2D eigenvalue weighted by atomic mass is 16.2. The molecule has 1 amide bonds. The quantitative estimate of drug-likeness (QED) is 0.780. The molecule has 1 aromatic rings. The molecule has 1 saturated carbocycles. The minimum absolute atomic E-state index is 0.0155. The Balaban J connectivity index is 2.29. The van der Waals surface area contributed by atoms with Gasteiger partial charge in [-0.25, -0.2) is 0 Å². The summed E-state index contributed by atoms with van der Waals surface area (Å²) in [6.07, 6.45) is 5.62. The Labute approximate surface area is 127 Å². The fourth-order valence-corrected chi connectivity index (χ4v) is 3.13. The fraction of sp³-hybridized carbons (Fsp3) is 0.556. The molecule has 1 aliphatic rings. The van der Waals surface area contributed by atoms with E-state index in [-0.39, 0.29) is 5.91 Å². The highest BCUT2D eigenvalue weighted by Crippen LogP contribution is 2.37. The van der Waals surface area contributed by atoms with Crippen LogP contribution in [0.2, 0.25) is 0 Å². The standard InChI is InChI=1S/C18H24N2O/c1-3-20(16-10-8-15(2)9-11-16)17(21)18(14-19)12-6-4-5-7-13-18/h8-11H,3-7,12-13H2,1-2H3. The van der Waals surface area contributed by atoms with Gasteiger partial charge in [-0.05, 0) is 38.8 Å². The molecule has 0 heterocycles. The molecular weight excluding hydrogens is 260 g/mol. The van der Waals surface area contributed by atoms with Gasteiger partial charge in [0.2, 0.25) is 5.91 Å². The highest BCUT2D eigenvalue weighted by Gasteiger charge is 2.41. The lowest BCUT2D eigenvalue weighted by atomic mass is 9.80. The van der Waals surface area contributed by atoms with Crippen LogP contribution in [0.5, 0.6) is 0 Å². The molecule has 0 unspecified atom stereocenters. The van der Waals surface area contributed by atoms with Gasteiger partial charge in [-0.3, -0.25) is 4.79 Å². The summed E-state index contributed by atoms with van der Waals surface area (Å²) in [5, 5.41) is 9.67. The van der Waals surface area contributed by atoms with Crippen molar-refractivity contribution in [1.82, 2.24) is 0 Å². The van der Waals surface area contributed by atoms with Gasteiger partial charge in [0.05, 0.1) is 6.07 Å². The van der Waals surface area contributed by atoms with Crippen LogP contribution < -0.4 is 4.90 Å². The molecule has 1 aromatic carbocycles. The van der Waals surface area contributed by atoms with Gasteiger partial charge in [-0.1, -0.05) is 43.4 Å². The van der Waals surface area contributed by atoms with Gasteiger partial charge in [-0.2, -0.15) is 5.26 Å². The molecule has 0 atom stereocenters. The number of amides is 1. The van der Waals surface area contributed by atoms with Crippen LogP contribution in [0.15, 0.2) is 24.3 Å². The van der Waals surface area contributed by atoms with Crippen LogP contribution in [0.1, 0.15) is 51.0 Å². The minimum atomic E-state index is -0.822. The van der Waals surface area contributed by atoms with Crippen molar-refractivity contribution in [3.8, 4) is 6.07 Å². The molecule has 0 aromatic heterocycles. The van der Waals surface area contributed by atoms with Crippen molar-refractivity contribution >= 4 is 11.6 Å². The number of benzene rings is 1. The van der Waals surface area contributed by atoms with Crippen LogP contribution in [-0.4, -0.2) is 12.5 Å². The summed E-state index contributed by atoms with van der Waals surface area (Å²) < 4.78 is 0. The lowest BCUT2D eigenvalue weighted by Crippen LogP contribution is -2.43. The second-order valence-electron chi connectivity index (χ2n) is 5.99. The Morgan fingerprint density at radius 1 is 1.19 bits per heavy atom. The number of anilines is 1. The van der Waals surface area contributed by atoms with Crippen molar-refractivity contribution in [2.45, 2.75) is 52.4 Å². The van der Waals surface area contributed by atoms with Crippen molar-refractivity contribution in [2.75, 3.05) is 11.4 Å². The molecule has 0 spiro atoms. The summed E-state index contributed by atoms with van der Waals surface area (Å²) in [7, 11) is 0. The first-order chi connectivity index (χ1) is 10.1. The number of nitriles is 1. The maximum atomic E-state index is 13.0. The minimum Gasteiger partial charge on any atom is -0.311 e. The molecule has 0 saturated heterocycles. The van der Waals surface area contributed by atoms with Crippen molar-refractivity contribution in [1.29, 1.82) is 5.26 Å². The molecule has 1 aliphatic carbocycles. The van der Waals surface area contributed by atoms with Gasteiger partial charge >= 0.3 is 0 Å². The van der Waals surface area contributed by atoms with Crippen molar-refractivity contribution in [2.24, 2.45) is 5.41 Å². The SMILES string of the molecule is CCN(C(=O)C1(C#N)CCCCCC1)c1ccc(C)cc1. The third-order valence-corrected chi connectivity index (χ3v) is 4.49. The first-order valence-electron chi connectivity index (χ1n) is 7.93. The Bertz CT molecular complexity index is 519. The van der Waals surface area contributed by atoms with E-state index in [9.17, 15) is 10.1 Å². The van der Waals surface area contributed by atoms with Crippen LogP contribution in [0.25, 0.3) is 0 Å². The van der Waals surface area contributed by atoms with Gasteiger partial charge in [0.25, 0.3) is 0 Å². The number of hydrogen-bond acceptors (Lipinski definition) is 2. The third kappa shape index (κ3) is 3.26. The average molecular weight is 284 g/mol. The van der Waals surface area contributed by atoms with E-state index in [0.29, 0.717) is 19.4 Å². The maximum Gasteiger partial charge on any atom is 0.247 e. The number of rotatable bonds is 3. The van der Waals surface area contributed by atoms with Crippen LogP contribution in [0.4, 0.5) is 5.69 Å². The normalized spacial score (nSPS) is 17.6. The number of nitrogens with zero attached hydrogens (tertiary/aromatic N) is 2. The lowest BCUT2D eigenvalue weighted by Gasteiger charge is -2.31. The molecule has 3 heteroatoms. The number of carbonyl (C=O) groups is 1. The average Bonchev–Trinajstić information content (AvgIpc) is 2.76. The summed E-state index contributed by atoms with van der Waals surface area (Å²) in [5.74, 6) is -0.0155. The van der Waals surface area contributed by atoms with Crippen LogP contribution >= 0.6 is 0 Å². The lowest BCUT2D eigenvalue weighted by molar-refractivity contribution is -0.126. The molecule has 112 valence electrons. The van der Waals surface area contributed by atoms with E-state index in [1.165, 1.54) is 5.56 Å². The van der Waals surface area contributed by atoms with E-state index < -0.39 is 5.41 Å². The van der Waals surface area contributed by atoms with E-state index in [2.05, 4.69) is 6.07 Å². The van der Waals surface area contributed by atoms with E-state index in [1.54, 1.807) is 4.90 Å². The van der Waals surface area contributed by atoms with Crippen LogP contribution in [-0.2, 0) is 4.79 Å². The summed E-state index contributed by atoms with van der Waals surface area (Å²) in [5.41, 5.74) is 1.25. The fourth-order valence-electron chi connectivity index (χ4n) is 3.13. The van der Waals surface area contributed by atoms with Gasteiger partial charge in [0.1, 0.15) is 5.41 Å². The van der Waals surface area contributed by atoms with Gasteiger partial charge < -0.3 is 4.90 Å². The second-order valence-corrected chi connectivity index (χ2v) is 5.99. The second kappa shape index (κ2) is 6.76. The molecule has 0 radical (unpaired) electrons. The zero-order valence-electron chi connectivity index (χ0n) is 13.1. The Morgan fingerprint density at radius 3 is 2.24 bits per heavy atom. The first kappa shape index (κ1) is 15.6. The van der Waals surface area contributed by atoms with Gasteiger partial charge in [0, 0.05) is 12.2 Å². The Morgan fingerprint density at radius 2 is 1.76 bits per heavy atom. The molecule has 2 rings (SSSR count). The highest BCUT2D eigenvalue weighted by molar-refractivity contribution is 5.99. The maximum absolute atomic E-state index is 13.0. The molecule has 0 N–H and O–H groups in total. The Hall–Kier alpha value is -1.82. The largest absolute Gasteiger partial charge is 0.311 e. The predicted octanol–water partition coefficient (Wildman–Crippen LogP) is 4.21. The Kier molecular flexibility index (Phi) is 5.01. The molecule has 1 fully saturated rings. The first-order valence-corrected chi connectivity index (χ1v) is 7.93. The number of hydrogen-bond donors (Lipinski definition) is 0. The smallest absolute Gasteiger partial charge is 0.247 e.